The van der Waals surface area contributed by atoms with Crippen molar-refractivity contribution in [3.05, 3.63) is 69.8 Å². The monoisotopic (exact) mass is 312 g/mol. The summed E-state index contributed by atoms with van der Waals surface area (Å²) < 4.78 is 5.39. The Morgan fingerprint density at radius 2 is 2.00 bits per heavy atom. The second-order valence-corrected chi connectivity index (χ2v) is 5.34. The van der Waals surface area contributed by atoms with E-state index in [1.165, 1.54) is 19.2 Å². The Morgan fingerprint density at radius 1 is 1.26 bits per heavy atom. The Kier molecular flexibility index (Phi) is 4.08. The third kappa shape index (κ3) is 2.80. The highest BCUT2D eigenvalue weighted by molar-refractivity contribution is 5.99. The molecule has 6 heteroatoms. The minimum absolute atomic E-state index is 0.0457. The van der Waals surface area contributed by atoms with Crippen molar-refractivity contribution in [2.45, 2.75) is 12.5 Å². The summed E-state index contributed by atoms with van der Waals surface area (Å²) >= 11 is 0. The van der Waals surface area contributed by atoms with E-state index < -0.39 is 11.0 Å². The number of non-ortho nitro benzene ring substituents is 1. The maximum Gasteiger partial charge on any atom is 0.269 e. The van der Waals surface area contributed by atoms with Gasteiger partial charge < -0.3 is 9.64 Å². The zero-order chi connectivity index (χ0) is 16.4. The van der Waals surface area contributed by atoms with Crippen LogP contribution in [-0.4, -0.2) is 24.5 Å². The summed E-state index contributed by atoms with van der Waals surface area (Å²) in [5, 5.41) is 10.9. The molecular weight excluding hydrogens is 296 g/mol. The van der Waals surface area contributed by atoms with Crippen molar-refractivity contribution in [2.24, 2.45) is 0 Å². The largest absolute Gasteiger partial charge is 0.367 e. The normalized spacial score (nSPS) is 14.4. The number of fused-ring (bicyclic) bond motifs is 1. The standard InChI is InChI=1S/C17H16N2O4/c1-23-16(12-5-3-2-4-6-12)17(20)18-10-9-13-11-14(19(21)22)7-8-15(13)18/h2-8,11,16H,9-10H2,1H3. The van der Waals surface area contributed by atoms with Gasteiger partial charge in [0.2, 0.25) is 0 Å². The second kappa shape index (κ2) is 6.18. The van der Waals surface area contributed by atoms with Crippen molar-refractivity contribution in [1.29, 1.82) is 0 Å². The van der Waals surface area contributed by atoms with E-state index in [2.05, 4.69) is 0 Å². The van der Waals surface area contributed by atoms with Crippen molar-refractivity contribution in [2.75, 3.05) is 18.6 Å². The lowest BCUT2D eigenvalue weighted by atomic mass is 10.1. The van der Waals surface area contributed by atoms with E-state index in [0.29, 0.717) is 13.0 Å². The highest BCUT2D eigenvalue weighted by atomic mass is 16.6. The molecule has 1 unspecified atom stereocenters. The number of anilines is 1. The minimum Gasteiger partial charge on any atom is -0.367 e. The molecule has 2 aromatic carbocycles. The molecule has 0 aliphatic carbocycles. The number of methoxy groups -OCH3 is 1. The molecule has 6 nitrogen and oxygen atoms in total. The van der Waals surface area contributed by atoms with Crippen LogP contribution in [0.4, 0.5) is 11.4 Å². The molecule has 0 radical (unpaired) electrons. The molecule has 0 saturated heterocycles. The molecule has 1 amide bonds. The van der Waals surface area contributed by atoms with E-state index in [-0.39, 0.29) is 11.6 Å². The SMILES string of the molecule is COC(C(=O)N1CCc2cc([N+](=O)[O-])ccc21)c1ccccc1. The Morgan fingerprint density at radius 3 is 2.65 bits per heavy atom. The molecule has 0 bridgehead atoms. The van der Waals surface area contributed by atoms with Crippen LogP contribution >= 0.6 is 0 Å². The number of nitro benzene ring substituents is 1. The van der Waals surface area contributed by atoms with Crippen molar-refractivity contribution < 1.29 is 14.5 Å². The highest BCUT2D eigenvalue weighted by Crippen LogP contribution is 2.33. The van der Waals surface area contributed by atoms with Crippen LogP contribution in [-0.2, 0) is 16.0 Å². The van der Waals surface area contributed by atoms with E-state index in [4.69, 9.17) is 4.74 Å². The first-order valence-electron chi connectivity index (χ1n) is 7.28. The second-order valence-electron chi connectivity index (χ2n) is 5.34. The number of carbonyl (C=O) groups is 1. The Hall–Kier alpha value is -2.73. The van der Waals surface area contributed by atoms with Crippen LogP contribution < -0.4 is 4.90 Å². The summed E-state index contributed by atoms with van der Waals surface area (Å²) in [5.74, 6) is -0.161. The summed E-state index contributed by atoms with van der Waals surface area (Å²) in [5.41, 5.74) is 2.37. The molecule has 118 valence electrons. The predicted molar refractivity (Wildman–Crippen MR) is 85.3 cm³/mol. The van der Waals surface area contributed by atoms with Crippen molar-refractivity contribution in [3.63, 3.8) is 0 Å². The number of carbonyl (C=O) groups excluding carboxylic acids is 1. The summed E-state index contributed by atoms with van der Waals surface area (Å²) in [7, 11) is 1.50. The molecule has 1 aliphatic heterocycles. The molecule has 0 saturated carbocycles. The number of nitro groups is 1. The minimum atomic E-state index is -0.683. The van der Waals surface area contributed by atoms with Gasteiger partial charge in [0.1, 0.15) is 0 Å². The van der Waals surface area contributed by atoms with Gasteiger partial charge in [-0.3, -0.25) is 14.9 Å². The van der Waals surface area contributed by atoms with Gasteiger partial charge >= 0.3 is 0 Å². The fourth-order valence-corrected chi connectivity index (χ4v) is 2.88. The molecule has 1 heterocycles. The van der Waals surface area contributed by atoms with Gasteiger partial charge in [0.25, 0.3) is 11.6 Å². The fourth-order valence-electron chi connectivity index (χ4n) is 2.88. The first-order chi connectivity index (χ1) is 11.1. The summed E-state index contributed by atoms with van der Waals surface area (Å²) in [6.07, 6.45) is -0.0779. The molecule has 1 atom stereocenters. The zero-order valence-electron chi connectivity index (χ0n) is 12.6. The lowest BCUT2D eigenvalue weighted by molar-refractivity contribution is -0.384. The van der Waals surface area contributed by atoms with E-state index in [1.807, 2.05) is 30.3 Å². The Balaban J connectivity index is 1.89. The van der Waals surface area contributed by atoms with Gasteiger partial charge in [-0.25, -0.2) is 0 Å². The Bertz CT molecular complexity index is 746. The number of amides is 1. The predicted octanol–water partition coefficient (Wildman–Crippen LogP) is 2.87. The van der Waals surface area contributed by atoms with E-state index in [1.54, 1.807) is 11.0 Å². The number of ether oxygens (including phenoxy) is 1. The van der Waals surface area contributed by atoms with Crippen LogP contribution in [0.5, 0.6) is 0 Å². The third-order valence-electron chi connectivity index (χ3n) is 4.00. The van der Waals surface area contributed by atoms with Gasteiger partial charge in [0, 0.05) is 31.5 Å². The summed E-state index contributed by atoms with van der Waals surface area (Å²) in [6.45, 7) is 0.502. The van der Waals surface area contributed by atoms with Gasteiger partial charge in [0.15, 0.2) is 6.10 Å². The first-order valence-corrected chi connectivity index (χ1v) is 7.28. The van der Waals surface area contributed by atoms with Gasteiger partial charge in [0.05, 0.1) is 4.92 Å². The number of hydrogen-bond acceptors (Lipinski definition) is 4. The first kappa shape index (κ1) is 15.2. The molecule has 0 spiro atoms. The van der Waals surface area contributed by atoms with Gasteiger partial charge in [-0.05, 0) is 23.6 Å². The molecular formula is C17H16N2O4. The van der Waals surface area contributed by atoms with Crippen LogP contribution in [0.3, 0.4) is 0 Å². The number of nitrogens with zero attached hydrogens (tertiary/aromatic N) is 2. The topological polar surface area (TPSA) is 72.7 Å². The third-order valence-corrected chi connectivity index (χ3v) is 4.00. The van der Waals surface area contributed by atoms with Gasteiger partial charge in [-0.1, -0.05) is 30.3 Å². The van der Waals surface area contributed by atoms with Crippen LogP contribution in [0, 0.1) is 10.1 Å². The number of hydrogen-bond donors (Lipinski definition) is 0. The molecule has 0 N–H and O–H groups in total. The molecule has 0 fully saturated rings. The van der Waals surface area contributed by atoms with Crippen LogP contribution in [0.2, 0.25) is 0 Å². The lowest BCUT2D eigenvalue weighted by Crippen LogP contribution is -2.34. The van der Waals surface area contributed by atoms with Crippen LogP contribution in [0.1, 0.15) is 17.2 Å². The highest BCUT2D eigenvalue weighted by Gasteiger charge is 2.32. The smallest absolute Gasteiger partial charge is 0.269 e. The van der Waals surface area contributed by atoms with E-state index in [0.717, 1.165) is 16.8 Å². The average molecular weight is 312 g/mol. The molecule has 23 heavy (non-hydrogen) atoms. The fraction of sp³-hybridized carbons (Fsp3) is 0.235. The van der Waals surface area contributed by atoms with Crippen molar-refractivity contribution >= 4 is 17.3 Å². The Labute approximate surface area is 133 Å². The van der Waals surface area contributed by atoms with E-state index >= 15 is 0 Å². The van der Waals surface area contributed by atoms with Crippen LogP contribution in [0.25, 0.3) is 0 Å². The molecule has 3 rings (SSSR count). The maximum absolute atomic E-state index is 12.8. The van der Waals surface area contributed by atoms with E-state index in [9.17, 15) is 14.9 Å². The number of benzene rings is 2. The van der Waals surface area contributed by atoms with Crippen LogP contribution in [0.15, 0.2) is 48.5 Å². The lowest BCUT2D eigenvalue weighted by Gasteiger charge is -2.23. The van der Waals surface area contributed by atoms with Crippen molar-refractivity contribution in [1.82, 2.24) is 0 Å². The van der Waals surface area contributed by atoms with Crippen molar-refractivity contribution in [3.8, 4) is 0 Å². The number of rotatable bonds is 4. The maximum atomic E-state index is 12.8. The molecule has 0 aromatic heterocycles. The average Bonchev–Trinajstić information content (AvgIpc) is 2.99. The molecule has 1 aliphatic rings. The molecule has 2 aromatic rings. The summed E-state index contributed by atoms with van der Waals surface area (Å²) in [6, 6.07) is 13.9. The quantitative estimate of drug-likeness (QED) is 0.643. The zero-order valence-corrected chi connectivity index (χ0v) is 12.6. The van der Waals surface area contributed by atoms with Gasteiger partial charge in [-0.2, -0.15) is 0 Å². The van der Waals surface area contributed by atoms with Gasteiger partial charge in [-0.15, -0.1) is 0 Å². The summed E-state index contributed by atoms with van der Waals surface area (Å²) in [4.78, 5) is 24.9.